The molecule has 1 N–H and O–H groups in total. The Hall–Kier alpha value is -2.06. The van der Waals surface area contributed by atoms with Crippen LogP contribution in [0.5, 0.6) is 0 Å². The summed E-state index contributed by atoms with van der Waals surface area (Å²) >= 11 is 0. The standard InChI is InChI=1S/C20H26F2N2O4/c1-4-5-6-9-23-18(25)16-17-15(27-20(2,3)28-17)11-24(16)19(26)13-8-7-12(21)10-14(13)22/h7-8,10,15-17H,4-6,9,11H2,1-3H3,(H,23,25)/t15-,16-,17-/m0/s1. The minimum Gasteiger partial charge on any atom is -0.354 e. The number of carbonyl (C=O) groups excluding carboxylic acids is 2. The molecule has 6 nitrogen and oxygen atoms in total. The number of hydrogen-bond donors (Lipinski definition) is 1. The number of rotatable bonds is 6. The highest BCUT2D eigenvalue weighted by molar-refractivity contribution is 5.98. The van der Waals surface area contributed by atoms with Gasteiger partial charge in [-0.1, -0.05) is 19.8 Å². The zero-order valence-electron chi connectivity index (χ0n) is 16.3. The summed E-state index contributed by atoms with van der Waals surface area (Å²) in [5.74, 6) is -3.66. The number of ether oxygens (including phenoxy) is 2. The lowest BCUT2D eigenvalue weighted by molar-refractivity contribution is -0.162. The van der Waals surface area contributed by atoms with E-state index in [9.17, 15) is 18.4 Å². The minimum absolute atomic E-state index is 0.0940. The molecule has 0 spiro atoms. The number of nitrogens with one attached hydrogen (secondary N) is 1. The first-order chi connectivity index (χ1) is 13.2. The van der Waals surface area contributed by atoms with E-state index in [4.69, 9.17) is 9.47 Å². The van der Waals surface area contributed by atoms with Gasteiger partial charge >= 0.3 is 0 Å². The van der Waals surface area contributed by atoms with E-state index in [1.165, 1.54) is 4.90 Å². The van der Waals surface area contributed by atoms with Gasteiger partial charge in [-0.2, -0.15) is 0 Å². The number of benzene rings is 1. The van der Waals surface area contributed by atoms with Crippen molar-refractivity contribution in [2.75, 3.05) is 13.1 Å². The summed E-state index contributed by atoms with van der Waals surface area (Å²) in [6, 6.07) is 1.82. The molecule has 1 aromatic carbocycles. The summed E-state index contributed by atoms with van der Waals surface area (Å²) in [5, 5.41) is 2.84. The highest BCUT2D eigenvalue weighted by atomic mass is 19.1. The molecule has 0 aliphatic carbocycles. The van der Waals surface area contributed by atoms with Crippen LogP contribution in [-0.4, -0.2) is 53.8 Å². The van der Waals surface area contributed by atoms with Gasteiger partial charge in [-0.15, -0.1) is 0 Å². The molecule has 28 heavy (non-hydrogen) atoms. The molecule has 3 rings (SSSR count). The number of unbranched alkanes of at least 4 members (excludes halogenated alkanes) is 2. The smallest absolute Gasteiger partial charge is 0.257 e. The number of hydrogen-bond acceptors (Lipinski definition) is 4. The molecular formula is C20H26F2N2O4. The molecule has 2 aliphatic heterocycles. The molecule has 3 atom stereocenters. The minimum atomic E-state index is -0.966. The maximum atomic E-state index is 14.1. The highest BCUT2D eigenvalue weighted by Crippen LogP contribution is 2.37. The lowest BCUT2D eigenvalue weighted by atomic mass is 10.1. The molecule has 2 fully saturated rings. The second kappa shape index (κ2) is 8.13. The summed E-state index contributed by atoms with van der Waals surface area (Å²) < 4.78 is 39.0. The van der Waals surface area contributed by atoms with E-state index in [0.29, 0.717) is 12.6 Å². The maximum Gasteiger partial charge on any atom is 0.257 e. The highest BCUT2D eigenvalue weighted by Gasteiger charge is 2.56. The van der Waals surface area contributed by atoms with Crippen LogP contribution in [0, 0.1) is 11.6 Å². The zero-order chi connectivity index (χ0) is 20.5. The molecule has 0 unspecified atom stereocenters. The Balaban J connectivity index is 1.82. The summed E-state index contributed by atoms with van der Waals surface area (Å²) in [6.07, 6.45) is 1.69. The zero-order valence-corrected chi connectivity index (χ0v) is 16.3. The number of likely N-dealkylation sites (tertiary alicyclic amines) is 1. The normalized spacial score (nSPS) is 25.6. The predicted octanol–water partition coefficient (Wildman–Crippen LogP) is 2.62. The molecule has 0 saturated carbocycles. The van der Waals surface area contributed by atoms with Crippen molar-refractivity contribution in [2.24, 2.45) is 0 Å². The van der Waals surface area contributed by atoms with E-state index in [-0.39, 0.29) is 18.0 Å². The quantitative estimate of drug-likeness (QED) is 0.751. The second-order valence-electron chi connectivity index (χ2n) is 7.66. The van der Waals surface area contributed by atoms with Gasteiger partial charge in [0.25, 0.3) is 5.91 Å². The molecule has 2 aliphatic rings. The molecule has 1 aromatic rings. The third-order valence-corrected chi connectivity index (χ3v) is 5.02. The Morgan fingerprint density at radius 2 is 2.00 bits per heavy atom. The number of fused-ring (bicyclic) bond motifs is 1. The second-order valence-corrected chi connectivity index (χ2v) is 7.66. The molecule has 2 amide bonds. The summed E-state index contributed by atoms with van der Waals surface area (Å²) in [7, 11) is 0. The van der Waals surface area contributed by atoms with Crippen LogP contribution in [0.25, 0.3) is 0 Å². The average Bonchev–Trinajstić information content (AvgIpc) is 3.09. The van der Waals surface area contributed by atoms with Crippen LogP contribution in [0.15, 0.2) is 18.2 Å². The van der Waals surface area contributed by atoms with Gasteiger partial charge in [0.2, 0.25) is 5.91 Å². The molecule has 2 heterocycles. The van der Waals surface area contributed by atoms with E-state index in [1.807, 2.05) is 0 Å². The van der Waals surface area contributed by atoms with Gasteiger partial charge in [0.1, 0.15) is 29.9 Å². The molecule has 0 aromatic heterocycles. The van der Waals surface area contributed by atoms with Gasteiger partial charge in [-0.05, 0) is 32.4 Å². The van der Waals surface area contributed by atoms with Crippen molar-refractivity contribution in [3.63, 3.8) is 0 Å². The fourth-order valence-corrected chi connectivity index (χ4v) is 3.77. The first-order valence-corrected chi connectivity index (χ1v) is 9.63. The van der Waals surface area contributed by atoms with Gasteiger partial charge in [0.15, 0.2) is 5.79 Å². The van der Waals surface area contributed by atoms with E-state index in [2.05, 4.69) is 12.2 Å². The largest absolute Gasteiger partial charge is 0.354 e. The number of halogens is 2. The van der Waals surface area contributed by atoms with Crippen LogP contribution in [0.1, 0.15) is 50.4 Å². The van der Waals surface area contributed by atoms with E-state index < -0.39 is 41.6 Å². The van der Waals surface area contributed by atoms with Crippen molar-refractivity contribution in [3.8, 4) is 0 Å². The van der Waals surface area contributed by atoms with Crippen LogP contribution in [0.2, 0.25) is 0 Å². The average molecular weight is 396 g/mol. The van der Waals surface area contributed by atoms with Gasteiger partial charge in [-0.25, -0.2) is 8.78 Å². The lowest BCUT2D eigenvalue weighted by Gasteiger charge is -2.29. The van der Waals surface area contributed by atoms with Crippen molar-refractivity contribution < 1.29 is 27.8 Å². The van der Waals surface area contributed by atoms with Gasteiger partial charge in [0, 0.05) is 12.6 Å². The van der Waals surface area contributed by atoms with Crippen molar-refractivity contribution in [3.05, 3.63) is 35.4 Å². The number of amides is 2. The molecule has 154 valence electrons. The van der Waals surface area contributed by atoms with Crippen LogP contribution >= 0.6 is 0 Å². The summed E-state index contributed by atoms with van der Waals surface area (Å²) in [6.45, 7) is 6.13. The molecule has 0 bridgehead atoms. The Bertz CT molecular complexity index is 756. The topological polar surface area (TPSA) is 67.9 Å². The van der Waals surface area contributed by atoms with Gasteiger partial charge < -0.3 is 19.7 Å². The number of carbonyl (C=O) groups is 2. The Labute approximate surface area is 163 Å². The molecule has 8 heteroatoms. The van der Waals surface area contributed by atoms with Crippen molar-refractivity contribution in [2.45, 2.75) is 64.1 Å². The van der Waals surface area contributed by atoms with Crippen LogP contribution in [0.4, 0.5) is 8.78 Å². The van der Waals surface area contributed by atoms with Gasteiger partial charge in [0.05, 0.1) is 12.1 Å². The Morgan fingerprint density at radius 1 is 1.25 bits per heavy atom. The third kappa shape index (κ3) is 4.17. The van der Waals surface area contributed by atoms with E-state index in [0.717, 1.165) is 31.4 Å². The Morgan fingerprint density at radius 3 is 2.68 bits per heavy atom. The Kier molecular flexibility index (Phi) is 6.00. The van der Waals surface area contributed by atoms with Crippen molar-refractivity contribution >= 4 is 11.8 Å². The molecule has 2 saturated heterocycles. The van der Waals surface area contributed by atoms with Gasteiger partial charge in [-0.3, -0.25) is 9.59 Å². The number of nitrogens with zero attached hydrogens (tertiary/aromatic N) is 1. The SMILES string of the molecule is CCCCCNC(=O)[C@@H]1[C@H]2OC(C)(C)O[C@H]2CN1C(=O)c1ccc(F)cc1F. The molecular weight excluding hydrogens is 370 g/mol. The van der Waals surface area contributed by atoms with Crippen molar-refractivity contribution in [1.82, 2.24) is 10.2 Å². The summed E-state index contributed by atoms with van der Waals surface area (Å²) in [5.41, 5.74) is -0.288. The fourth-order valence-electron chi connectivity index (χ4n) is 3.77. The van der Waals surface area contributed by atoms with Crippen LogP contribution < -0.4 is 5.32 Å². The monoisotopic (exact) mass is 396 g/mol. The summed E-state index contributed by atoms with van der Waals surface area (Å²) in [4.78, 5) is 27.0. The first-order valence-electron chi connectivity index (χ1n) is 9.63. The van der Waals surface area contributed by atoms with Crippen LogP contribution in [-0.2, 0) is 14.3 Å². The first kappa shape index (κ1) is 20.7. The van der Waals surface area contributed by atoms with Crippen LogP contribution in [0.3, 0.4) is 0 Å². The third-order valence-electron chi connectivity index (χ3n) is 5.02. The van der Waals surface area contributed by atoms with Crippen molar-refractivity contribution in [1.29, 1.82) is 0 Å². The predicted molar refractivity (Wildman–Crippen MR) is 97.5 cm³/mol. The maximum absolute atomic E-state index is 14.1. The van der Waals surface area contributed by atoms with E-state index >= 15 is 0 Å². The lowest BCUT2D eigenvalue weighted by Crippen LogP contribution is -2.51. The van der Waals surface area contributed by atoms with E-state index in [1.54, 1.807) is 13.8 Å². The fraction of sp³-hybridized carbons (Fsp3) is 0.600. The molecule has 0 radical (unpaired) electrons.